The van der Waals surface area contributed by atoms with Gasteiger partial charge in [-0.2, -0.15) is 13.9 Å². The molecule has 0 radical (unpaired) electrons. The Balaban J connectivity index is 1.32. The van der Waals surface area contributed by atoms with E-state index in [1.54, 1.807) is 17.4 Å². The predicted molar refractivity (Wildman–Crippen MR) is 136 cm³/mol. The average Bonchev–Trinajstić information content (AvgIpc) is 3.54. The number of aliphatic carboxylic acids is 1. The van der Waals surface area contributed by atoms with Crippen molar-refractivity contribution in [2.45, 2.75) is 18.6 Å². The van der Waals surface area contributed by atoms with Crippen LogP contribution in [-0.2, 0) is 25.8 Å². The van der Waals surface area contributed by atoms with Crippen molar-refractivity contribution in [2.75, 3.05) is 18.6 Å². The number of rotatable bonds is 8. The van der Waals surface area contributed by atoms with Gasteiger partial charge in [0.1, 0.15) is 13.2 Å². The number of β-lactam (4-membered cyclic amide) rings is 1. The van der Waals surface area contributed by atoms with E-state index in [4.69, 9.17) is 10.6 Å². The van der Waals surface area contributed by atoms with E-state index in [0.717, 1.165) is 26.6 Å². The molecule has 2 aliphatic heterocycles. The number of carbonyl (C=O) groups is 3. The molecule has 1 fully saturated rings. The van der Waals surface area contributed by atoms with Crippen molar-refractivity contribution in [3.63, 3.8) is 0 Å². The number of carboxylic acid groups (broad SMARTS) is 1. The number of nitrogen functional groups attached to an aromatic ring is 1. The number of oxime groups is 1. The lowest BCUT2D eigenvalue weighted by molar-refractivity contribution is -0.658. The number of anilines is 1. The van der Waals surface area contributed by atoms with Gasteiger partial charge in [0.05, 0.1) is 23.1 Å². The van der Waals surface area contributed by atoms with Crippen LogP contribution in [0.3, 0.4) is 0 Å². The number of thioether (sulfide) groups is 1. The molecule has 5 rings (SSSR count). The number of nitrogens with zero attached hydrogens (tertiary/aromatic N) is 5. The molecular formula is C22H19N7O5S3. The summed E-state index contributed by atoms with van der Waals surface area (Å²) in [4.78, 5) is 49.1. The lowest BCUT2D eigenvalue weighted by Gasteiger charge is -2.50. The summed E-state index contributed by atoms with van der Waals surface area (Å²) in [6.45, 7) is 0.523. The van der Waals surface area contributed by atoms with Gasteiger partial charge in [-0.1, -0.05) is 16.5 Å². The molecule has 12 nitrogen and oxygen atoms in total. The number of fused-ring (bicyclic) bond motifs is 2. The molecule has 5 heterocycles. The van der Waals surface area contributed by atoms with E-state index >= 15 is 0 Å². The third-order valence-corrected chi connectivity index (χ3v) is 8.34. The molecule has 2 amide bonds. The second-order valence-electron chi connectivity index (χ2n) is 7.86. The van der Waals surface area contributed by atoms with E-state index in [0.29, 0.717) is 17.2 Å². The zero-order valence-corrected chi connectivity index (χ0v) is 21.6. The number of carboxylic acids is 1. The molecule has 3 aromatic rings. The summed E-state index contributed by atoms with van der Waals surface area (Å²) < 4.78 is 6.00. The van der Waals surface area contributed by atoms with Crippen molar-refractivity contribution in [1.29, 1.82) is 0 Å². The molecule has 0 aromatic carbocycles. The van der Waals surface area contributed by atoms with Crippen LogP contribution in [0, 0.1) is 0 Å². The first kappa shape index (κ1) is 24.9. The first-order chi connectivity index (χ1) is 17.9. The normalized spacial score (nSPS) is 19.8. The van der Waals surface area contributed by atoms with Crippen molar-refractivity contribution >= 4 is 73.5 Å². The van der Waals surface area contributed by atoms with Crippen molar-refractivity contribution in [1.82, 2.24) is 19.6 Å². The number of allylic oxidation sites excluding steroid dienone is 2. The quantitative estimate of drug-likeness (QED) is 0.163. The molecule has 1 saturated heterocycles. The van der Waals surface area contributed by atoms with Gasteiger partial charge in [-0.3, -0.25) is 9.59 Å². The van der Waals surface area contributed by atoms with Crippen molar-refractivity contribution in [3.8, 4) is 0 Å². The highest BCUT2D eigenvalue weighted by molar-refractivity contribution is 8.03. The number of thiophene rings is 1. The third kappa shape index (κ3) is 4.68. The van der Waals surface area contributed by atoms with Crippen LogP contribution in [0.5, 0.6) is 0 Å². The minimum atomic E-state index is -1.47. The molecule has 0 aliphatic carbocycles. The molecule has 37 heavy (non-hydrogen) atoms. The van der Waals surface area contributed by atoms with Gasteiger partial charge in [-0.05, 0) is 29.7 Å². The van der Waals surface area contributed by atoms with Crippen molar-refractivity contribution < 1.29 is 28.9 Å². The summed E-state index contributed by atoms with van der Waals surface area (Å²) in [7, 11) is 1.25. The van der Waals surface area contributed by atoms with Gasteiger partial charge in [0, 0.05) is 28.3 Å². The lowest BCUT2D eigenvalue weighted by atomic mass is 9.94. The van der Waals surface area contributed by atoms with Crippen LogP contribution in [0.15, 0.2) is 57.7 Å². The SMILES string of the molecule is CON=C(C(=O)N[C@@H]1C(=O)N2C(C(=O)[O-])=C(/C=C/C[n+]3cccc4ccsc43)SC[C@H]12)c1nsc(N)n1. The maximum absolute atomic E-state index is 13.0. The van der Waals surface area contributed by atoms with E-state index in [9.17, 15) is 19.5 Å². The number of hydrogen-bond acceptors (Lipinski definition) is 12. The largest absolute Gasteiger partial charge is 0.543 e. The number of hydrogen-bond donors (Lipinski definition) is 2. The standard InChI is InChI=1S/C22H19N7O5S3/c1-34-26-15(17-25-22(23)37-27-17)18(30)24-14-12-10-36-13(16(21(32)33)29(12)19(14)31)5-3-8-28-7-2-4-11-6-9-35-20(11)28/h2-7,9,12,14H,8,10H2,1H3,(H3-,23,24,25,27,30,32,33)/b5-3+,26-15?/t12-,14+/m1/s1. The summed E-state index contributed by atoms with van der Waals surface area (Å²) in [5, 5.41) is 21.5. The first-order valence-electron chi connectivity index (χ1n) is 10.8. The highest BCUT2D eigenvalue weighted by Crippen LogP contribution is 2.39. The van der Waals surface area contributed by atoms with E-state index in [2.05, 4.69) is 24.4 Å². The lowest BCUT2D eigenvalue weighted by Crippen LogP contribution is -2.73. The molecular weight excluding hydrogens is 538 g/mol. The van der Waals surface area contributed by atoms with Crippen molar-refractivity contribution in [3.05, 3.63) is 58.4 Å². The fourth-order valence-corrected chi connectivity index (χ4v) is 6.58. The summed E-state index contributed by atoms with van der Waals surface area (Å²) in [5.41, 5.74) is 5.12. The molecule has 2 aliphatic rings. The fraction of sp³-hybridized carbons (Fsp3) is 0.227. The zero-order chi connectivity index (χ0) is 26.1. The topological polar surface area (TPSA) is 167 Å². The minimum absolute atomic E-state index is 0.0395. The maximum atomic E-state index is 13.0. The summed E-state index contributed by atoms with van der Waals surface area (Å²) in [6, 6.07) is 4.48. The van der Waals surface area contributed by atoms with E-state index in [1.165, 1.54) is 18.9 Å². The molecule has 0 bridgehead atoms. The van der Waals surface area contributed by atoms with Gasteiger partial charge in [0.15, 0.2) is 17.9 Å². The summed E-state index contributed by atoms with van der Waals surface area (Å²) in [6.07, 6.45) is 5.48. The molecule has 0 saturated carbocycles. The van der Waals surface area contributed by atoms with Crippen molar-refractivity contribution in [2.24, 2.45) is 5.16 Å². The Kier molecular flexibility index (Phi) is 6.90. The zero-order valence-electron chi connectivity index (χ0n) is 19.2. The molecule has 0 unspecified atom stereocenters. The second-order valence-corrected chi connectivity index (χ2v) is 10.6. The number of carbonyl (C=O) groups excluding carboxylic acids is 3. The van der Waals surface area contributed by atoms with Crippen LogP contribution in [0.25, 0.3) is 10.2 Å². The highest BCUT2D eigenvalue weighted by atomic mass is 32.2. The average molecular weight is 558 g/mol. The predicted octanol–water partition coefficient (Wildman–Crippen LogP) is -0.367. The van der Waals surface area contributed by atoms with Crippen LogP contribution in [0.1, 0.15) is 5.82 Å². The Labute approximate surface area is 222 Å². The first-order valence-corrected chi connectivity index (χ1v) is 13.5. The molecule has 190 valence electrons. The fourth-order valence-electron chi connectivity index (χ4n) is 4.06. The maximum Gasteiger partial charge on any atom is 0.278 e. The summed E-state index contributed by atoms with van der Waals surface area (Å²) in [5.74, 6) is -2.44. The second kappa shape index (κ2) is 10.3. The van der Waals surface area contributed by atoms with Gasteiger partial charge >= 0.3 is 0 Å². The van der Waals surface area contributed by atoms with Crippen LogP contribution in [-0.4, -0.2) is 62.7 Å². The molecule has 3 N–H and O–H groups in total. The minimum Gasteiger partial charge on any atom is -0.543 e. The number of nitrogens with two attached hydrogens (primary N) is 1. The van der Waals surface area contributed by atoms with E-state index in [-0.39, 0.29) is 22.4 Å². The number of aromatic nitrogens is 3. The Morgan fingerprint density at radius 3 is 3.00 bits per heavy atom. The van der Waals surface area contributed by atoms with Gasteiger partial charge in [0.2, 0.25) is 11.5 Å². The van der Waals surface area contributed by atoms with Gasteiger partial charge in [-0.15, -0.1) is 11.8 Å². The number of pyridine rings is 1. The Hall–Kier alpha value is -3.82. The Morgan fingerprint density at radius 1 is 1.43 bits per heavy atom. The number of nitrogens with one attached hydrogen (secondary N) is 1. The smallest absolute Gasteiger partial charge is 0.278 e. The monoisotopic (exact) mass is 557 g/mol. The molecule has 15 heteroatoms. The number of amides is 2. The van der Waals surface area contributed by atoms with Gasteiger partial charge < -0.3 is 30.7 Å². The van der Waals surface area contributed by atoms with Crippen LogP contribution in [0.4, 0.5) is 5.13 Å². The van der Waals surface area contributed by atoms with Gasteiger partial charge in [0.25, 0.3) is 16.6 Å². The molecule has 3 aromatic heterocycles. The third-order valence-electron chi connectivity index (χ3n) is 5.68. The molecule has 2 atom stereocenters. The Morgan fingerprint density at radius 2 is 2.27 bits per heavy atom. The highest BCUT2D eigenvalue weighted by Gasteiger charge is 2.52. The van der Waals surface area contributed by atoms with E-state index < -0.39 is 29.9 Å². The molecule has 0 spiro atoms. The van der Waals surface area contributed by atoms with Crippen LogP contribution in [0.2, 0.25) is 0 Å². The Bertz CT molecular complexity index is 1490. The summed E-state index contributed by atoms with van der Waals surface area (Å²) >= 11 is 3.77. The van der Waals surface area contributed by atoms with Gasteiger partial charge in [-0.25, -0.2) is 0 Å². The van der Waals surface area contributed by atoms with Crippen LogP contribution < -0.4 is 20.7 Å². The van der Waals surface area contributed by atoms with Crippen LogP contribution >= 0.6 is 34.6 Å². The van der Waals surface area contributed by atoms with E-state index in [1.807, 2.05) is 35.9 Å².